The highest BCUT2D eigenvalue weighted by Crippen LogP contribution is 2.21. The van der Waals surface area contributed by atoms with Crippen molar-refractivity contribution in [2.24, 2.45) is 11.5 Å². The van der Waals surface area contributed by atoms with Crippen molar-refractivity contribution in [3.8, 4) is 11.8 Å². The lowest BCUT2D eigenvalue weighted by Crippen LogP contribution is -2.43. The van der Waals surface area contributed by atoms with E-state index in [9.17, 15) is 9.59 Å². The number of carbonyl (C=O) groups excluding carboxylic acids is 2. The Kier molecular flexibility index (Phi) is 4.38. The van der Waals surface area contributed by atoms with Crippen LogP contribution in [0.1, 0.15) is 28.8 Å². The molecule has 5 nitrogen and oxygen atoms in total. The Balaban J connectivity index is 2.31. The van der Waals surface area contributed by atoms with E-state index in [0.717, 1.165) is 6.42 Å². The Bertz CT molecular complexity index is 586. The van der Waals surface area contributed by atoms with E-state index in [2.05, 4.69) is 11.8 Å². The topological polar surface area (TPSA) is 89.4 Å². The molecule has 104 valence electrons. The van der Waals surface area contributed by atoms with Gasteiger partial charge >= 0.3 is 0 Å². The van der Waals surface area contributed by atoms with E-state index in [4.69, 9.17) is 11.5 Å². The minimum Gasteiger partial charge on any atom is -0.368 e. The maximum Gasteiger partial charge on any atom is 0.255 e. The molecule has 0 aromatic heterocycles. The van der Waals surface area contributed by atoms with Gasteiger partial charge in [0.2, 0.25) is 5.91 Å². The number of hydrogen-bond donors (Lipinski definition) is 2. The largest absolute Gasteiger partial charge is 0.368 e. The van der Waals surface area contributed by atoms with Crippen molar-refractivity contribution in [3.63, 3.8) is 0 Å². The molecule has 0 aliphatic carbocycles. The molecule has 1 fully saturated rings. The number of carbonyl (C=O) groups is 2. The zero-order chi connectivity index (χ0) is 14.5. The summed E-state index contributed by atoms with van der Waals surface area (Å²) in [5.41, 5.74) is 11.8. The van der Waals surface area contributed by atoms with E-state index in [1.54, 1.807) is 18.2 Å². The van der Waals surface area contributed by atoms with Crippen LogP contribution in [0, 0.1) is 11.8 Å². The molecule has 1 atom stereocenters. The summed E-state index contributed by atoms with van der Waals surface area (Å²) in [4.78, 5) is 25.5. The van der Waals surface area contributed by atoms with Crippen LogP contribution in [0.15, 0.2) is 24.3 Å². The van der Waals surface area contributed by atoms with Gasteiger partial charge in [0.15, 0.2) is 0 Å². The number of likely N-dealkylation sites (tertiary alicyclic amines) is 1. The van der Waals surface area contributed by atoms with Crippen molar-refractivity contribution in [1.82, 2.24) is 4.90 Å². The fraction of sp³-hybridized carbons (Fsp3) is 0.333. The highest BCUT2D eigenvalue weighted by molar-refractivity contribution is 5.99. The molecule has 1 aromatic rings. The minimum atomic E-state index is -0.516. The van der Waals surface area contributed by atoms with Gasteiger partial charge in [-0.25, -0.2) is 0 Å². The van der Waals surface area contributed by atoms with Crippen LogP contribution in [-0.4, -0.2) is 35.8 Å². The zero-order valence-electron chi connectivity index (χ0n) is 11.1. The van der Waals surface area contributed by atoms with Crippen LogP contribution in [0.5, 0.6) is 0 Å². The number of nitrogens with two attached hydrogens (primary N) is 2. The van der Waals surface area contributed by atoms with Gasteiger partial charge in [0, 0.05) is 12.1 Å². The van der Waals surface area contributed by atoms with Crippen molar-refractivity contribution >= 4 is 11.8 Å². The number of nitrogens with zero attached hydrogens (tertiary/aromatic N) is 1. The Hall–Kier alpha value is -2.32. The number of hydrogen-bond acceptors (Lipinski definition) is 3. The quantitative estimate of drug-likeness (QED) is 0.747. The molecule has 1 aromatic carbocycles. The SMILES string of the molecule is NCC#Cc1ccccc1C(=O)N1CCCC1C(N)=O. The van der Waals surface area contributed by atoms with Crippen LogP contribution in [0.2, 0.25) is 0 Å². The third-order valence-corrected chi connectivity index (χ3v) is 3.32. The highest BCUT2D eigenvalue weighted by Gasteiger charge is 2.33. The maximum atomic E-state index is 12.6. The molecule has 1 aliphatic rings. The van der Waals surface area contributed by atoms with Gasteiger partial charge in [0.1, 0.15) is 6.04 Å². The zero-order valence-corrected chi connectivity index (χ0v) is 11.1. The van der Waals surface area contributed by atoms with Crippen LogP contribution in [-0.2, 0) is 4.79 Å². The minimum absolute atomic E-state index is 0.201. The van der Waals surface area contributed by atoms with E-state index in [-0.39, 0.29) is 12.5 Å². The molecule has 1 unspecified atom stereocenters. The lowest BCUT2D eigenvalue weighted by Gasteiger charge is -2.22. The van der Waals surface area contributed by atoms with Crippen molar-refractivity contribution in [2.75, 3.05) is 13.1 Å². The van der Waals surface area contributed by atoms with Crippen molar-refractivity contribution < 1.29 is 9.59 Å². The highest BCUT2D eigenvalue weighted by atomic mass is 16.2. The lowest BCUT2D eigenvalue weighted by molar-refractivity contribution is -0.121. The third-order valence-electron chi connectivity index (χ3n) is 3.32. The Morgan fingerprint density at radius 2 is 2.10 bits per heavy atom. The summed E-state index contributed by atoms with van der Waals surface area (Å²) in [6, 6.07) is 6.55. The maximum absolute atomic E-state index is 12.6. The molecule has 0 bridgehead atoms. The first kappa shape index (κ1) is 14.1. The fourth-order valence-corrected chi connectivity index (χ4v) is 2.39. The first-order chi connectivity index (χ1) is 9.65. The molecule has 5 heteroatoms. The van der Waals surface area contributed by atoms with Crippen LogP contribution in [0.4, 0.5) is 0 Å². The third kappa shape index (κ3) is 2.81. The van der Waals surface area contributed by atoms with E-state index >= 15 is 0 Å². The first-order valence-corrected chi connectivity index (χ1v) is 6.53. The smallest absolute Gasteiger partial charge is 0.255 e. The van der Waals surface area contributed by atoms with Gasteiger partial charge in [-0.05, 0) is 25.0 Å². The van der Waals surface area contributed by atoms with Gasteiger partial charge in [0.05, 0.1) is 12.1 Å². The molecule has 1 aliphatic heterocycles. The average Bonchev–Trinajstić information content (AvgIpc) is 2.94. The number of amides is 2. The summed E-state index contributed by atoms with van der Waals surface area (Å²) >= 11 is 0. The Morgan fingerprint density at radius 3 is 2.80 bits per heavy atom. The van der Waals surface area contributed by atoms with Crippen LogP contribution in [0.3, 0.4) is 0 Å². The van der Waals surface area contributed by atoms with Crippen molar-refractivity contribution in [3.05, 3.63) is 35.4 Å². The van der Waals surface area contributed by atoms with Gasteiger partial charge in [0.25, 0.3) is 5.91 Å². The molecular formula is C15H17N3O2. The predicted octanol–water partition coefficient (Wildman–Crippen LogP) is 0.0867. The van der Waals surface area contributed by atoms with Crippen molar-refractivity contribution in [1.29, 1.82) is 0 Å². The van der Waals surface area contributed by atoms with Gasteiger partial charge in [-0.15, -0.1) is 0 Å². The lowest BCUT2D eigenvalue weighted by atomic mass is 10.1. The van der Waals surface area contributed by atoms with Gasteiger partial charge in [-0.1, -0.05) is 24.0 Å². The van der Waals surface area contributed by atoms with E-state index in [0.29, 0.717) is 24.1 Å². The van der Waals surface area contributed by atoms with Gasteiger partial charge in [-0.2, -0.15) is 0 Å². The second-order valence-electron chi connectivity index (χ2n) is 4.61. The molecule has 0 radical (unpaired) electrons. The molecule has 1 saturated heterocycles. The van der Waals surface area contributed by atoms with Crippen LogP contribution < -0.4 is 11.5 Å². The number of benzene rings is 1. The molecule has 0 saturated carbocycles. The standard InChI is InChI=1S/C15H17N3O2/c16-9-3-6-11-5-1-2-7-12(11)15(20)18-10-4-8-13(18)14(17)19/h1-2,5,7,13H,4,8-10,16H2,(H2,17,19). The molecule has 20 heavy (non-hydrogen) atoms. The van der Waals surface area contributed by atoms with E-state index in [1.165, 1.54) is 4.90 Å². The Labute approximate surface area is 117 Å². The molecule has 2 amide bonds. The molecule has 0 spiro atoms. The summed E-state index contributed by atoms with van der Waals surface area (Å²) < 4.78 is 0. The van der Waals surface area contributed by atoms with Crippen LogP contribution >= 0.6 is 0 Å². The fourth-order valence-electron chi connectivity index (χ4n) is 2.39. The van der Waals surface area contributed by atoms with Gasteiger partial charge in [-0.3, -0.25) is 9.59 Å². The second kappa shape index (κ2) is 6.22. The molecule has 1 heterocycles. The normalized spacial score (nSPS) is 17.4. The molecule has 2 rings (SSSR count). The van der Waals surface area contributed by atoms with Crippen molar-refractivity contribution in [2.45, 2.75) is 18.9 Å². The summed E-state index contributed by atoms with van der Waals surface area (Å²) in [6.45, 7) is 0.779. The molecule has 4 N–H and O–H groups in total. The summed E-state index contributed by atoms with van der Waals surface area (Å²) in [5.74, 6) is 4.96. The summed E-state index contributed by atoms with van der Waals surface area (Å²) in [5, 5.41) is 0. The summed E-state index contributed by atoms with van der Waals surface area (Å²) in [7, 11) is 0. The second-order valence-corrected chi connectivity index (χ2v) is 4.61. The monoisotopic (exact) mass is 271 g/mol. The van der Waals surface area contributed by atoms with Gasteiger partial charge < -0.3 is 16.4 Å². The number of rotatable bonds is 2. The predicted molar refractivity (Wildman–Crippen MR) is 75.6 cm³/mol. The first-order valence-electron chi connectivity index (χ1n) is 6.53. The molecular weight excluding hydrogens is 254 g/mol. The average molecular weight is 271 g/mol. The van der Waals surface area contributed by atoms with E-state index in [1.807, 2.05) is 6.07 Å². The van der Waals surface area contributed by atoms with Crippen LogP contribution in [0.25, 0.3) is 0 Å². The number of primary amides is 1. The summed E-state index contributed by atoms with van der Waals surface area (Å²) in [6.07, 6.45) is 1.41. The van der Waals surface area contributed by atoms with E-state index < -0.39 is 11.9 Å². The Morgan fingerprint density at radius 1 is 1.35 bits per heavy atom.